The Morgan fingerprint density at radius 1 is 1.22 bits per heavy atom. The molecule has 0 bridgehead atoms. The Labute approximate surface area is 108 Å². The van der Waals surface area contributed by atoms with Gasteiger partial charge in [-0.2, -0.15) is 5.10 Å². The van der Waals surface area contributed by atoms with Crippen molar-refractivity contribution in [2.24, 2.45) is 7.05 Å². The summed E-state index contributed by atoms with van der Waals surface area (Å²) in [6, 6.07) is 9.39. The van der Waals surface area contributed by atoms with Crippen LogP contribution in [-0.4, -0.2) is 15.7 Å². The van der Waals surface area contributed by atoms with E-state index in [0.29, 0.717) is 10.7 Å². The lowest BCUT2D eigenvalue weighted by Gasteiger charge is -2.05. The summed E-state index contributed by atoms with van der Waals surface area (Å²) >= 11 is 5.74. The van der Waals surface area contributed by atoms with Crippen LogP contribution in [0.15, 0.2) is 41.2 Å². The molecule has 0 fully saturated rings. The minimum atomic E-state index is -0.382. The monoisotopic (exact) mass is 263 g/mol. The largest absolute Gasteiger partial charge is 0.321 e. The molecule has 92 valence electrons. The molecule has 0 aliphatic heterocycles. The third-order valence-electron chi connectivity index (χ3n) is 2.30. The highest BCUT2D eigenvalue weighted by molar-refractivity contribution is 6.30. The van der Waals surface area contributed by atoms with Crippen LogP contribution in [0.3, 0.4) is 0 Å². The number of rotatable bonds is 2. The molecule has 5 nitrogen and oxygen atoms in total. The third-order valence-corrected chi connectivity index (χ3v) is 2.55. The fourth-order valence-corrected chi connectivity index (χ4v) is 1.48. The first-order valence-electron chi connectivity index (χ1n) is 5.17. The minimum Gasteiger partial charge on any atom is -0.321 e. The van der Waals surface area contributed by atoms with E-state index in [0.717, 1.165) is 4.68 Å². The highest BCUT2D eigenvalue weighted by Crippen LogP contribution is 2.13. The molecule has 0 aliphatic carbocycles. The quantitative estimate of drug-likeness (QED) is 0.897. The van der Waals surface area contributed by atoms with Gasteiger partial charge in [-0.1, -0.05) is 11.6 Å². The Morgan fingerprint density at radius 2 is 1.89 bits per heavy atom. The first-order chi connectivity index (χ1) is 8.56. The lowest BCUT2D eigenvalue weighted by Crippen LogP contribution is -2.23. The summed E-state index contributed by atoms with van der Waals surface area (Å²) in [6.07, 6.45) is 0. The molecule has 1 aromatic heterocycles. The van der Waals surface area contributed by atoms with Gasteiger partial charge in [0.05, 0.1) is 0 Å². The van der Waals surface area contributed by atoms with Crippen LogP contribution < -0.4 is 10.9 Å². The maximum absolute atomic E-state index is 11.8. The standard InChI is InChI=1S/C12H10ClN3O2/c1-16-11(17)7-6-10(15-16)12(18)14-9-4-2-8(13)3-5-9/h2-7H,1H3,(H,14,18). The average molecular weight is 264 g/mol. The van der Waals surface area contributed by atoms with Gasteiger partial charge in [-0.25, -0.2) is 4.68 Å². The fourth-order valence-electron chi connectivity index (χ4n) is 1.35. The first kappa shape index (κ1) is 12.3. The number of carbonyl (C=O) groups is 1. The number of benzene rings is 1. The predicted molar refractivity (Wildman–Crippen MR) is 68.9 cm³/mol. The van der Waals surface area contributed by atoms with Crippen LogP contribution >= 0.6 is 11.6 Å². The summed E-state index contributed by atoms with van der Waals surface area (Å²) in [5.74, 6) is -0.382. The van der Waals surface area contributed by atoms with Crippen LogP contribution in [0.1, 0.15) is 10.5 Å². The number of aryl methyl sites for hydroxylation is 1. The van der Waals surface area contributed by atoms with Crippen LogP contribution in [-0.2, 0) is 7.05 Å². The number of hydrogen-bond donors (Lipinski definition) is 1. The third kappa shape index (κ3) is 2.75. The van der Waals surface area contributed by atoms with E-state index >= 15 is 0 Å². The zero-order chi connectivity index (χ0) is 13.1. The molecular weight excluding hydrogens is 254 g/mol. The van der Waals surface area contributed by atoms with Gasteiger partial charge in [0.2, 0.25) is 0 Å². The Hall–Kier alpha value is -2.14. The van der Waals surface area contributed by atoms with E-state index in [-0.39, 0.29) is 17.2 Å². The summed E-state index contributed by atoms with van der Waals surface area (Å²) in [7, 11) is 1.49. The fraction of sp³-hybridized carbons (Fsp3) is 0.0833. The summed E-state index contributed by atoms with van der Waals surface area (Å²) in [6.45, 7) is 0. The molecule has 0 spiro atoms. The molecule has 1 aromatic carbocycles. The van der Waals surface area contributed by atoms with E-state index in [4.69, 9.17) is 11.6 Å². The van der Waals surface area contributed by atoms with E-state index in [9.17, 15) is 9.59 Å². The van der Waals surface area contributed by atoms with Crippen molar-refractivity contribution in [1.82, 2.24) is 9.78 Å². The van der Waals surface area contributed by atoms with Crippen molar-refractivity contribution in [3.8, 4) is 0 Å². The van der Waals surface area contributed by atoms with E-state index in [1.54, 1.807) is 24.3 Å². The predicted octanol–water partition coefficient (Wildman–Crippen LogP) is 1.69. The molecule has 0 radical (unpaired) electrons. The van der Waals surface area contributed by atoms with Gasteiger partial charge in [-0.05, 0) is 30.3 Å². The number of carbonyl (C=O) groups excluding carboxylic acids is 1. The molecule has 2 rings (SSSR count). The summed E-state index contributed by atoms with van der Waals surface area (Å²) < 4.78 is 1.11. The van der Waals surface area contributed by atoms with Gasteiger partial charge in [-0.15, -0.1) is 0 Å². The van der Waals surface area contributed by atoms with Gasteiger partial charge < -0.3 is 5.32 Å². The molecule has 1 heterocycles. The number of halogens is 1. The highest BCUT2D eigenvalue weighted by Gasteiger charge is 2.08. The maximum Gasteiger partial charge on any atom is 0.276 e. The SMILES string of the molecule is Cn1nc(C(=O)Nc2ccc(Cl)cc2)ccc1=O. The lowest BCUT2D eigenvalue weighted by molar-refractivity contribution is 0.102. The van der Waals surface area contributed by atoms with Crippen LogP contribution in [0.4, 0.5) is 5.69 Å². The smallest absolute Gasteiger partial charge is 0.276 e. The van der Waals surface area contributed by atoms with E-state index < -0.39 is 0 Å². The number of amides is 1. The van der Waals surface area contributed by atoms with E-state index in [2.05, 4.69) is 10.4 Å². The summed E-state index contributed by atoms with van der Waals surface area (Å²) in [5, 5.41) is 7.10. The Bertz CT molecular complexity index is 635. The topological polar surface area (TPSA) is 64.0 Å². The highest BCUT2D eigenvalue weighted by atomic mass is 35.5. The summed E-state index contributed by atoms with van der Waals surface area (Å²) in [5.41, 5.74) is 0.519. The van der Waals surface area contributed by atoms with Crippen molar-refractivity contribution in [3.05, 3.63) is 57.5 Å². The van der Waals surface area contributed by atoms with Gasteiger partial charge in [0.1, 0.15) is 5.69 Å². The van der Waals surface area contributed by atoms with Gasteiger partial charge in [0.15, 0.2) is 0 Å². The van der Waals surface area contributed by atoms with Crippen molar-refractivity contribution in [2.75, 3.05) is 5.32 Å². The van der Waals surface area contributed by atoms with Crippen LogP contribution in [0, 0.1) is 0 Å². The van der Waals surface area contributed by atoms with Gasteiger partial charge in [0, 0.05) is 23.8 Å². The number of anilines is 1. The molecule has 0 aliphatic rings. The molecule has 0 atom stereocenters. The van der Waals surface area contributed by atoms with E-state index in [1.807, 2.05) is 0 Å². The minimum absolute atomic E-state index is 0.173. The maximum atomic E-state index is 11.8. The lowest BCUT2D eigenvalue weighted by atomic mass is 10.3. The Morgan fingerprint density at radius 3 is 2.50 bits per heavy atom. The van der Waals surface area contributed by atoms with Gasteiger partial charge in [0.25, 0.3) is 11.5 Å². The molecule has 6 heteroatoms. The van der Waals surface area contributed by atoms with Crippen molar-refractivity contribution < 1.29 is 4.79 Å². The van der Waals surface area contributed by atoms with Crippen LogP contribution in [0.25, 0.3) is 0 Å². The molecule has 1 N–H and O–H groups in total. The van der Waals surface area contributed by atoms with E-state index in [1.165, 1.54) is 19.2 Å². The van der Waals surface area contributed by atoms with Crippen LogP contribution in [0.5, 0.6) is 0 Å². The molecule has 2 aromatic rings. The molecular formula is C12H10ClN3O2. The zero-order valence-corrected chi connectivity index (χ0v) is 10.3. The number of hydrogen-bond acceptors (Lipinski definition) is 3. The Kier molecular flexibility index (Phi) is 3.43. The number of aromatic nitrogens is 2. The number of nitrogens with one attached hydrogen (secondary N) is 1. The first-order valence-corrected chi connectivity index (χ1v) is 5.55. The molecule has 1 amide bonds. The second kappa shape index (κ2) is 5.01. The van der Waals surface area contributed by atoms with Crippen molar-refractivity contribution in [2.45, 2.75) is 0 Å². The number of nitrogens with zero attached hydrogens (tertiary/aromatic N) is 2. The normalized spacial score (nSPS) is 10.1. The zero-order valence-electron chi connectivity index (χ0n) is 9.55. The molecule has 0 saturated heterocycles. The molecule has 0 unspecified atom stereocenters. The molecule has 18 heavy (non-hydrogen) atoms. The van der Waals surface area contributed by atoms with Gasteiger partial charge in [-0.3, -0.25) is 9.59 Å². The van der Waals surface area contributed by atoms with Crippen LogP contribution in [0.2, 0.25) is 5.02 Å². The van der Waals surface area contributed by atoms with Gasteiger partial charge >= 0.3 is 0 Å². The second-order valence-corrected chi connectivity index (χ2v) is 4.08. The molecule has 0 saturated carbocycles. The van der Waals surface area contributed by atoms with Crippen molar-refractivity contribution in [1.29, 1.82) is 0 Å². The van der Waals surface area contributed by atoms with Crippen molar-refractivity contribution in [3.63, 3.8) is 0 Å². The average Bonchev–Trinajstić information content (AvgIpc) is 2.35. The summed E-state index contributed by atoms with van der Waals surface area (Å²) in [4.78, 5) is 23.0. The Balaban J connectivity index is 2.19. The van der Waals surface area contributed by atoms with Crippen molar-refractivity contribution >= 4 is 23.2 Å². The second-order valence-electron chi connectivity index (χ2n) is 3.64.